The first-order valence-electron chi connectivity index (χ1n) is 12.4. The number of aryl methyl sites for hydroxylation is 1. The van der Waals surface area contributed by atoms with E-state index in [1.54, 1.807) is 23.1 Å². The first-order chi connectivity index (χ1) is 18.1. The number of carbonyl (C=O) groups excluding carboxylic acids is 1. The quantitative estimate of drug-likeness (QED) is 0.287. The second-order valence-electron chi connectivity index (χ2n) is 9.44. The number of nitrogens with zero attached hydrogens (tertiary/aromatic N) is 1. The van der Waals surface area contributed by atoms with Crippen molar-refractivity contribution in [2.24, 2.45) is 0 Å². The van der Waals surface area contributed by atoms with Gasteiger partial charge in [0.1, 0.15) is 0 Å². The molecule has 0 bridgehead atoms. The van der Waals surface area contributed by atoms with Crippen LogP contribution in [0.2, 0.25) is 0 Å². The number of likely N-dealkylation sites (tertiary alicyclic amines) is 1. The van der Waals surface area contributed by atoms with Crippen molar-refractivity contribution >= 4 is 11.5 Å². The molecule has 4 nitrogen and oxygen atoms in total. The smallest absolute Gasteiger partial charge is 0.416 e. The van der Waals surface area contributed by atoms with E-state index in [4.69, 9.17) is 4.74 Å². The SMILES string of the molecule is COc1ccc(CC/C(=C/C(=O)N2CCC(O)(c3cccc(C(F)(F)F)c3)CC2)c2ccccc2)cc1F. The second-order valence-corrected chi connectivity index (χ2v) is 9.44. The maximum Gasteiger partial charge on any atom is 0.416 e. The Labute approximate surface area is 219 Å². The molecule has 1 aliphatic heterocycles. The Balaban J connectivity index is 1.47. The molecule has 0 spiro atoms. The molecule has 1 amide bonds. The van der Waals surface area contributed by atoms with Gasteiger partial charge in [0.2, 0.25) is 5.91 Å². The van der Waals surface area contributed by atoms with Gasteiger partial charge in [-0.05, 0) is 72.2 Å². The summed E-state index contributed by atoms with van der Waals surface area (Å²) in [6, 6.07) is 18.9. The molecule has 0 unspecified atom stereocenters. The van der Waals surface area contributed by atoms with Gasteiger partial charge < -0.3 is 14.7 Å². The fourth-order valence-corrected chi connectivity index (χ4v) is 4.71. The third-order valence-corrected chi connectivity index (χ3v) is 6.97. The summed E-state index contributed by atoms with van der Waals surface area (Å²) in [5.74, 6) is -0.526. The lowest BCUT2D eigenvalue weighted by molar-refractivity contribution is -0.137. The molecular formula is C30H29F4NO3. The predicted molar refractivity (Wildman–Crippen MR) is 137 cm³/mol. The Kier molecular flexibility index (Phi) is 8.21. The van der Waals surface area contributed by atoms with Crippen LogP contribution in [0.3, 0.4) is 0 Å². The molecule has 3 aromatic rings. The fourth-order valence-electron chi connectivity index (χ4n) is 4.71. The number of allylic oxidation sites excluding steroid dienone is 1. The van der Waals surface area contributed by atoms with Gasteiger partial charge in [-0.2, -0.15) is 13.2 Å². The normalized spacial score (nSPS) is 15.8. The van der Waals surface area contributed by atoms with E-state index in [0.29, 0.717) is 12.8 Å². The van der Waals surface area contributed by atoms with E-state index < -0.39 is 23.2 Å². The number of hydrogen-bond donors (Lipinski definition) is 1. The highest BCUT2D eigenvalue weighted by atomic mass is 19.4. The number of ether oxygens (including phenoxy) is 1. The molecule has 200 valence electrons. The summed E-state index contributed by atoms with van der Waals surface area (Å²) in [5.41, 5.74) is 0.364. The van der Waals surface area contributed by atoms with Gasteiger partial charge in [0.05, 0.1) is 18.3 Å². The summed E-state index contributed by atoms with van der Waals surface area (Å²) >= 11 is 0. The van der Waals surface area contributed by atoms with Gasteiger partial charge in [0.25, 0.3) is 0 Å². The van der Waals surface area contributed by atoms with Crippen LogP contribution < -0.4 is 4.74 Å². The Hall–Kier alpha value is -3.65. The molecule has 0 radical (unpaired) electrons. The maximum absolute atomic E-state index is 14.1. The summed E-state index contributed by atoms with van der Waals surface area (Å²) in [6.45, 7) is 0.404. The number of rotatable bonds is 7. The highest BCUT2D eigenvalue weighted by Crippen LogP contribution is 2.37. The van der Waals surface area contributed by atoms with E-state index in [9.17, 15) is 27.5 Å². The molecule has 38 heavy (non-hydrogen) atoms. The Morgan fingerprint density at radius 2 is 1.74 bits per heavy atom. The zero-order chi connectivity index (χ0) is 27.3. The van der Waals surface area contributed by atoms with E-state index in [2.05, 4.69) is 0 Å². The van der Waals surface area contributed by atoms with Crippen LogP contribution in [0.5, 0.6) is 5.75 Å². The van der Waals surface area contributed by atoms with Crippen molar-refractivity contribution in [1.29, 1.82) is 0 Å². The fraction of sp³-hybridized carbons (Fsp3) is 0.300. The number of carbonyl (C=O) groups is 1. The minimum absolute atomic E-state index is 0.125. The molecule has 1 N–H and O–H groups in total. The molecule has 1 fully saturated rings. The van der Waals surface area contributed by atoms with E-state index in [1.165, 1.54) is 25.3 Å². The number of aliphatic hydroxyl groups is 1. The average molecular weight is 528 g/mol. The van der Waals surface area contributed by atoms with Crippen LogP contribution in [-0.2, 0) is 23.0 Å². The monoisotopic (exact) mass is 527 g/mol. The molecule has 1 saturated heterocycles. The van der Waals surface area contributed by atoms with Crippen LogP contribution in [-0.4, -0.2) is 36.1 Å². The lowest BCUT2D eigenvalue weighted by Crippen LogP contribution is -2.44. The number of piperidine rings is 1. The molecule has 1 aliphatic rings. The molecule has 0 saturated carbocycles. The number of benzene rings is 3. The summed E-state index contributed by atoms with van der Waals surface area (Å²) in [7, 11) is 1.40. The van der Waals surface area contributed by atoms with Crippen molar-refractivity contribution in [3.8, 4) is 5.75 Å². The highest BCUT2D eigenvalue weighted by Gasteiger charge is 2.37. The number of methoxy groups -OCH3 is 1. The molecule has 3 aromatic carbocycles. The summed E-state index contributed by atoms with van der Waals surface area (Å²) in [6.07, 6.45) is -1.70. The molecule has 1 heterocycles. The summed E-state index contributed by atoms with van der Waals surface area (Å²) in [4.78, 5) is 14.8. The number of alkyl halides is 3. The lowest BCUT2D eigenvalue weighted by Gasteiger charge is -2.38. The zero-order valence-electron chi connectivity index (χ0n) is 21.0. The van der Waals surface area contributed by atoms with Gasteiger partial charge in [-0.3, -0.25) is 4.79 Å². The lowest BCUT2D eigenvalue weighted by atomic mass is 9.83. The van der Waals surface area contributed by atoms with E-state index in [-0.39, 0.29) is 43.2 Å². The topological polar surface area (TPSA) is 49.8 Å². The van der Waals surface area contributed by atoms with E-state index >= 15 is 0 Å². The number of amides is 1. The van der Waals surface area contributed by atoms with Gasteiger partial charge in [-0.1, -0.05) is 48.5 Å². The number of hydrogen-bond acceptors (Lipinski definition) is 3. The minimum atomic E-state index is -4.50. The molecule has 4 rings (SSSR count). The summed E-state index contributed by atoms with van der Waals surface area (Å²) in [5, 5.41) is 11.1. The van der Waals surface area contributed by atoms with Crippen LogP contribution in [0.15, 0.2) is 78.9 Å². The van der Waals surface area contributed by atoms with Gasteiger partial charge in [-0.25, -0.2) is 4.39 Å². The predicted octanol–water partition coefficient (Wildman–Crippen LogP) is 6.38. The zero-order valence-corrected chi connectivity index (χ0v) is 21.0. The van der Waals surface area contributed by atoms with Gasteiger partial charge in [0, 0.05) is 19.2 Å². The third-order valence-electron chi connectivity index (χ3n) is 6.97. The van der Waals surface area contributed by atoms with Crippen molar-refractivity contribution in [1.82, 2.24) is 4.90 Å². The molecular weight excluding hydrogens is 498 g/mol. The molecule has 0 atom stereocenters. The van der Waals surface area contributed by atoms with Gasteiger partial charge in [-0.15, -0.1) is 0 Å². The van der Waals surface area contributed by atoms with Crippen molar-refractivity contribution < 1.29 is 32.2 Å². The van der Waals surface area contributed by atoms with Crippen molar-refractivity contribution in [3.63, 3.8) is 0 Å². The van der Waals surface area contributed by atoms with E-state index in [1.807, 2.05) is 30.3 Å². The third kappa shape index (κ3) is 6.42. The minimum Gasteiger partial charge on any atom is -0.494 e. The van der Waals surface area contributed by atoms with Crippen LogP contribution >= 0.6 is 0 Å². The first kappa shape index (κ1) is 27.4. The van der Waals surface area contributed by atoms with Crippen molar-refractivity contribution in [2.45, 2.75) is 37.5 Å². The Bertz CT molecular complexity index is 1300. The Morgan fingerprint density at radius 1 is 1.03 bits per heavy atom. The molecule has 8 heteroatoms. The van der Waals surface area contributed by atoms with Gasteiger partial charge in [0.15, 0.2) is 11.6 Å². The standard InChI is InChI=1S/C30H29F4NO3/c1-38-27-13-11-21(18-26(27)31)10-12-23(22-6-3-2-4-7-22)19-28(36)35-16-14-29(37,15-17-35)24-8-5-9-25(20-24)30(32,33)34/h2-9,11,13,18-20,37H,10,12,14-17H2,1H3/b23-19-. The summed E-state index contributed by atoms with van der Waals surface area (Å²) < 4.78 is 58.6. The van der Waals surface area contributed by atoms with Crippen LogP contribution in [0.1, 0.15) is 41.5 Å². The van der Waals surface area contributed by atoms with Crippen LogP contribution in [0.4, 0.5) is 17.6 Å². The molecule has 0 aliphatic carbocycles. The van der Waals surface area contributed by atoms with E-state index in [0.717, 1.165) is 28.8 Å². The number of halogens is 4. The van der Waals surface area contributed by atoms with Crippen molar-refractivity contribution in [3.05, 3.63) is 107 Å². The second kappa shape index (κ2) is 11.4. The first-order valence-corrected chi connectivity index (χ1v) is 12.4. The maximum atomic E-state index is 14.1. The van der Waals surface area contributed by atoms with Gasteiger partial charge >= 0.3 is 6.18 Å². The Morgan fingerprint density at radius 3 is 2.37 bits per heavy atom. The van der Waals surface area contributed by atoms with Crippen LogP contribution in [0, 0.1) is 5.82 Å². The molecule has 0 aromatic heterocycles. The van der Waals surface area contributed by atoms with Crippen molar-refractivity contribution in [2.75, 3.05) is 20.2 Å². The largest absolute Gasteiger partial charge is 0.494 e. The van der Waals surface area contributed by atoms with Crippen LogP contribution in [0.25, 0.3) is 5.57 Å². The average Bonchev–Trinajstić information content (AvgIpc) is 2.91. The highest BCUT2D eigenvalue weighted by molar-refractivity contribution is 5.95.